The Kier molecular flexibility index (Phi) is 4.78. The molecule has 3 aliphatic rings. The summed E-state index contributed by atoms with van der Waals surface area (Å²) in [6, 6.07) is 11.6. The number of Topliss-reactive ketones (excluding diaryl/α,β-unsaturated/α-hetero) is 1. The van der Waals surface area contributed by atoms with Crippen LogP contribution in [0.3, 0.4) is 0 Å². The lowest BCUT2D eigenvalue weighted by molar-refractivity contribution is -0.384. The fraction of sp³-hybridized carbons (Fsp3) is 0.348. The van der Waals surface area contributed by atoms with Gasteiger partial charge in [-0.3, -0.25) is 29.4 Å². The minimum atomic E-state index is -0.829. The normalized spacial score (nSPS) is 26.8. The maximum Gasteiger partial charge on any atom is 0.271 e. The van der Waals surface area contributed by atoms with Crippen molar-refractivity contribution in [3.8, 4) is 5.75 Å². The Labute approximate surface area is 183 Å². The topological polar surface area (TPSA) is 110 Å². The Balaban J connectivity index is 1.59. The molecule has 0 aliphatic carbocycles. The average Bonchev–Trinajstić information content (AvgIpc) is 3.45. The molecule has 2 amide bonds. The van der Waals surface area contributed by atoms with Crippen LogP contribution < -0.4 is 9.64 Å². The Morgan fingerprint density at radius 1 is 1.09 bits per heavy atom. The second-order valence-corrected chi connectivity index (χ2v) is 8.30. The molecule has 0 aromatic heterocycles. The van der Waals surface area contributed by atoms with E-state index in [0.717, 1.165) is 17.7 Å². The number of hydrogen-bond acceptors (Lipinski definition) is 7. The van der Waals surface area contributed by atoms with E-state index in [0.29, 0.717) is 12.1 Å². The molecule has 2 aromatic carbocycles. The van der Waals surface area contributed by atoms with Crippen LogP contribution in [-0.2, 0) is 9.59 Å². The van der Waals surface area contributed by atoms with E-state index in [9.17, 15) is 24.5 Å². The van der Waals surface area contributed by atoms with Crippen molar-refractivity contribution >= 4 is 29.0 Å². The number of methoxy groups -OCH3 is 1. The summed E-state index contributed by atoms with van der Waals surface area (Å²) < 4.78 is 5.30. The highest BCUT2D eigenvalue weighted by atomic mass is 16.6. The number of anilines is 1. The van der Waals surface area contributed by atoms with Gasteiger partial charge in [0.15, 0.2) is 5.78 Å². The SMILES string of the molecule is COc1ccc([N+](=O)[O-])cc1N1C(=O)[C@@H]2[C@H](C1=O)[C@H](C(=O)c1ccccc1)N1CCC[C@@H]21. The molecule has 5 rings (SSSR count). The molecule has 0 N–H and O–H groups in total. The first-order valence-electron chi connectivity index (χ1n) is 10.5. The summed E-state index contributed by atoms with van der Waals surface area (Å²) in [5.74, 6) is -2.43. The van der Waals surface area contributed by atoms with E-state index in [1.165, 1.54) is 25.3 Å². The number of amides is 2. The summed E-state index contributed by atoms with van der Waals surface area (Å²) in [5.41, 5.74) is 0.287. The number of non-ortho nitro benzene ring substituents is 1. The highest BCUT2D eigenvalue weighted by molar-refractivity contribution is 6.25. The third-order valence-electron chi connectivity index (χ3n) is 6.79. The highest BCUT2D eigenvalue weighted by Gasteiger charge is 2.65. The second kappa shape index (κ2) is 7.52. The molecule has 0 bridgehead atoms. The predicted octanol–water partition coefficient (Wildman–Crippen LogP) is 2.44. The van der Waals surface area contributed by atoms with Crippen LogP contribution >= 0.6 is 0 Å². The maximum absolute atomic E-state index is 13.6. The van der Waals surface area contributed by atoms with Gasteiger partial charge < -0.3 is 4.74 Å². The number of carbonyl (C=O) groups excluding carboxylic acids is 3. The smallest absolute Gasteiger partial charge is 0.271 e. The van der Waals surface area contributed by atoms with Gasteiger partial charge in [0.05, 0.1) is 29.9 Å². The van der Waals surface area contributed by atoms with Crippen molar-refractivity contribution < 1.29 is 24.0 Å². The van der Waals surface area contributed by atoms with Crippen molar-refractivity contribution in [3.05, 3.63) is 64.2 Å². The first kappa shape index (κ1) is 20.3. The number of nitrogens with zero attached hydrogens (tertiary/aromatic N) is 3. The monoisotopic (exact) mass is 435 g/mol. The zero-order valence-electron chi connectivity index (χ0n) is 17.3. The first-order chi connectivity index (χ1) is 15.4. The zero-order valence-corrected chi connectivity index (χ0v) is 17.3. The summed E-state index contributed by atoms with van der Waals surface area (Å²) in [6.45, 7) is 0.654. The van der Waals surface area contributed by atoms with Crippen molar-refractivity contribution in [1.29, 1.82) is 0 Å². The van der Waals surface area contributed by atoms with E-state index < -0.39 is 34.6 Å². The molecule has 3 fully saturated rings. The van der Waals surface area contributed by atoms with E-state index in [4.69, 9.17) is 4.74 Å². The Morgan fingerprint density at radius 2 is 1.81 bits per heavy atom. The van der Waals surface area contributed by atoms with Crippen LogP contribution in [0.5, 0.6) is 5.75 Å². The van der Waals surface area contributed by atoms with Crippen molar-refractivity contribution in [1.82, 2.24) is 4.90 Å². The molecule has 0 saturated carbocycles. The van der Waals surface area contributed by atoms with Crippen LogP contribution in [0.4, 0.5) is 11.4 Å². The highest BCUT2D eigenvalue weighted by Crippen LogP contribution is 2.49. The fourth-order valence-electron chi connectivity index (χ4n) is 5.49. The molecule has 3 saturated heterocycles. The fourth-order valence-corrected chi connectivity index (χ4v) is 5.49. The molecule has 0 spiro atoms. The molecule has 9 heteroatoms. The number of hydrogen-bond donors (Lipinski definition) is 0. The number of nitro benzene ring substituents is 1. The van der Waals surface area contributed by atoms with Gasteiger partial charge in [-0.15, -0.1) is 0 Å². The number of imide groups is 1. The standard InChI is InChI=1S/C23H21N3O6/c1-32-17-10-9-14(26(30)31)12-16(17)25-22(28)18-15-8-5-11-24(15)20(19(18)23(25)29)21(27)13-6-3-2-4-7-13/h2-4,6-7,9-10,12,15,18-20H,5,8,11H2,1H3/t15-,18-,19-,20+/m0/s1. The van der Waals surface area contributed by atoms with Gasteiger partial charge in [0, 0.05) is 23.7 Å². The summed E-state index contributed by atoms with van der Waals surface area (Å²) in [6.07, 6.45) is 1.56. The molecular formula is C23H21N3O6. The zero-order chi connectivity index (χ0) is 22.6. The lowest BCUT2D eigenvalue weighted by atomic mass is 9.85. The maximum atomic E-state index is 13.6. The molecule has 0 unspecified atom stereocenters. The minimum Gasteiger partial charge on any atom is -0.495 e. The molecule has 32 heavy (non-hydrogen) atoms. The van der Waals surface area contributed by atoms with E-state index in [1.807, 2.05) is 11.0 Å². The molecule has 3 aliphatic heterocycles. The summed E-state index contributed by atoms with van der Waals surface area (Å²) in [5, 5.41) is 11.3. The Bertz CT molecular complexity index is 1130. The molecule has 3 heterocycles. The van der Waals surface area contributed by atoms with Crippen molar-refractivity contribution in [2.75, 3.05) is 18.6 Å². The average molecular weight is 435 g/mol. The van der Waals surface area contributed by atoms with Crippen LogP contribution in [0, 0.1) is 22.0 Å². The van der Waals surface area contributed by atoms with Crippen molar-refractivity contribution in [3.63, 3.8) is 0 Å². The number of fused-ring (bicyclic) bond motifs is 3. The van der Waals surface area contributed by atoms with Gasteiger partial charge in [0.2, 0.25) is 11.8 Å². The largest absolute Gasteiger partial charge is 0.495 e. The first-order valence-corrected chi connectivity index (χ1v) is 10.5. The van der Waals surface area contributed by atoms with Gasteiger partial charge >= 0.3 is 0 Å². The van der Waals surface area contributed by atoms with Gasteiger partial charge in [-0.2, -0.15) is 0 Å². The number of benzene rings is 2. The number of nitro groups is 1. The number of ketones is 1. The number of ether oxygens (including phenoxy) is 1. The lowest BCUT2D eigenvalue weighted by Gasteiger charge is -2.28. The van der Waals surface area contributed by atoms with Gasteiger partial charge in [-0.05, 0) is 25.5 Å². The Morgan fingerprint density at radius 3 is 2.50 bits per heavy atom. The molecular weight excluding hydrogens is 414 g/mol. The third kappa shape index (κ3) is 2.85. The molecule has 2 aromatic rings. The lowest BCUT2D eigenvalue weighted by Crippen LogP contribution is -2.46. The molecule has 164 valence electrons. The molecule has 9 nitrogen and oxygen atoms in total. The van der Waals surface area contributed by atoms with Crippen LogP contribution in [-0.4, -0.2) is 53.2 Å². The van der Waals surface area contributed by atoms with E-state index in [1.54, 1.807) is 24.3 Å². The van der Waals surface area contributed by atoms with E-state index in [-0.39, 0.29) is 28.9 Å². The summed E-state index contributed by atoms with van der Waals surface area (Å²) >= 11 is 0. The van der Waals surface area contributed by atoms with Gasteiger partial charge in [-0.25, -0.2) is 4.90 Å². The number of rotatable bonds is 5. The summed E-state index contributed by atoms with van der Waals surface area (Å²) in [4.78, 5) is 54.3. The van der Waals surface area contributed by atoms with Crippen molar-refractivity contribution in [2.24, 2.45) is 11.8 Å². The van der Waals surface area contributed by atoms with Crippen molar-refractivity contribution in [2.45, 2.75) is 24.9 Å². The quantitative estimate of drug-likeness (QED) is 0.307. The van der Waals surface area contributed by atoms with E-state index in [2.05, 4.69) is 0 Å². The van der Waals surface area contributed by atoms with Crippen LogP contribution in [0.2, 0.25) is 0 Å². The van der Waals surface area contributed by atoms with Gasteiger partial charge in [-0.1, -0.05) is 30.3 Å². The van der Waals surface area contributed by atoms with Crippen LogP contribution in [0.1, 0.15) is 23.2 Å². The van der Waals surface area contributed by atoms with Gasteiger partial charge in [0.1, 0.15) is 11.4 Å². The van der Waals surface area contributed by atoms with Crippen LogP contribution in [0.25, 0.3) is 0 Å². The Hall–Kier alpha value is -3.59. The predicted molar refractivity (Wildman–Crippen MR) is 113 cm³/mol. The van der Waals surface area contributed by atoms with E-state index >= 15 is 0 Å². The summed E-state index contributed by atoms with van der Waals surface area (Å²) in [7, 11) is 1.37. The van der Waals surface area contributed by atoms with Crippen LogP contribution in [0.15, 0.2) is 48.5 Å². The third-order valence-corrected chi connectivity index (χ3v) is 6.79. The minimum absolute atomic E-state index is 0.0431. The second-order valence-electron chi connectivity index (χ2n) is 8.30. The molecule has 0 radical (unpaired) electrons. The number of carbonyl (C=O) groups is 3. The van der Waals surface area contributed by atoms with Gasteiger partial charge in [0.25, 0.3) is 5.69 Å². The molecule has 4 atom stereocenters.